The first-order valence-electron chi connectivity index (χ1n) is 6.30. The van der Waals surface area contributed by atoms with E-state index < -0.39 is 0 Å². The van der Waals surface area contributed by atoms with E-state index in [9.17, 15) is 9.18 Å². The van der Waals surface area contributed by atoms with E-state index >= 15 is 0 Å². The predicted molar refractivity (Wildman–Crippen MR) is 70.3 cm³/mol. The second-order valence-corrected chi connectivity index (χ2v) is 4.61. The zero-order chi connectivity index (χ0) is 13.7. The van der Waals surface area contributed by atoms with Gasteiger partial charge in [0.15, 0.2) is 5.78 Å². The molecule has 2 rings (SSSR count). The Balaban J connectivity index is 1.84. The molecule has 100 valence electrons. The quantitative estimate of drug-likeness (QED) is 0.822. The van der Waals surface area contributed by atoms with Gasteiger partial charge < -0.3 is 4.90 Å². The van der Waals surface area contributed by atoms with Gasteiger partial charge in [-0.1, -0.05) is 0 Å². The Kier molecular flexibility index (Phi) is 4.48. The zero-order valence-corrected chi connectivity index (χ0v) is 10.7. The van der Waals surface area contributed by atoms with Crippen molar-refractivity contribution in [2.24, 2.45) is 0 Å². The summed E-state index contributed by atoms with van der Waals surface area (Å²) in [7, 11) is 0. The van der Waals surface area contributed by atoms with Crippen LogP contribution in [0.15, 0.2) is 24.3 Å². The average molecular weight is 261 g/mol. The van der Waals surface area contributed by atoms with Gasteiger partial charge >= 0.3 is 0 Å². The van der Waals surface area contributed by atoms with Gasteiger partial charge in [-0.25, -0.2) is 4.39 Å². The lowest BCUT2D eigenvalue weighted by molar-refractivity contribution is -0.119. The molecule has 0 radical (unpaired) electrons. The van der Waals surface area contributed by atoms with E-state index in [1.165, 1.54) is 12.1 Å². The van der Waals surface area contributed by atoms with Gasteiger partial charge in [0.1, 0.15) is 5.82 Å². The van der Waals surface area contributed by atoms with Crippen LogP contribution in [0.5, 0.6) is 0 Å². The molecule has 0 aromatic heterocycles. The SMILES string of the molecule is N#CCC(=O)CN1CCN(c2ccc(F)cc2)CC1. The minimum Gasteiger partial charge on any atom is -0.369 e. The van der Waals surface area contributed by atoms with Crippen LogP contribution in [-0.4, -0.2) is 43.4 Å². The molecule has 0 unspecified atom stereocenters. The smallest absolute Gasteiger partial charge is 0.160 e. The van der Waals surface area contributed by atoms with E-state index in [0.717, 1.165) is 31.9 Å². The molecular weight excluding hydrogens is 245 g/mol. The Labute approximate surface area is 112 Å². The number of rotatable bonds is 4. The highest BCUT2D eigenvalue weighted by Crippen LogP contribution is 2.16. The van der Waals surface area contributed by atoms with Crippen LogP contribution in [0.25, 0.3) is 0 Å². The van der Waals surface area contributed by atoms with Crippen LogP contribution in [0.3, 0.4) is 0 Å². The second-order valence-electron chi connectivity index (χ2n) is 4.61. The normalized spacial score (nSPS) is 16.1. The summed E-state index contributed by atoms with van der Waals surface area (Å²) in [5.41, 5.74) is 1.00. The third kappa shape index (κ3) is 3.76. The highest BCUT2D eigenvalue weighted by Gasteiger charge is 2.18. The number of halogens is 1. The Bertz CT molecular complexity index is 472. The summed E-state index contributed by atoms with van der Waals surface area (Å²) in [6.45, 7) is 3.55. The molecule has 19 heavy (non-hydrogen) atoms. The molecule has 0 atom stereocenters. The van der Waals surface area contributed by atoms with Crippen molar-refractivity contribution < 1.29 is 9.18 Å². The molecule has 1 aromatic rings. The number of hydrogen-bond donors (Lipinski definition) is 0. The molecule has 1 aliphatic rings. The lowest BCUT2D eigenvalue weighted by Crippen LogP contribution is -2.47. The minimum absolute atomic E-state index is 0.0157. The summed E-state index contributed by atoms with van der Waals surface area (Å²) in [5, 5.41) is 8.45. The van der Waals surface area contributed by atoms with E-state index in [0.29, 0.717) is 6.54 Å². The van der Waals surface area contributed by atoms with Crippen molar-refractivity contribution in [3.8, 4) is 6.07 Å². The topological polar surface area (TPSA) is 47.3 Å². The summed E-state index contributed by atoms with van der Waals surface area (Å²) in [6.07, 6.45) is -0.0157. The molecule has 1 saturated heterocycles. The molecule has 1 fully saturated rings. The maximum absolute atomic E-state index is 12.8. The van der Waals surface area contributed by atoms with Crippen LogP contribution in [0.2, 0.25) is 0 Å². The second kappa shape index (κ2) is 6.30. The van der Waals surface area contributed by atoms with E-state index in [1.807, 2.05) is 6.07 Å². The lowest BCUT2D eigenvalue weighted by Gasteiger charge is -2.35. The summed E-state index contributed by atoms with van der Waals surface area (Å²) in [6, 6.07) is 8.33. The number of nitriles is 1. The third-order valence-corrected chi connectivity index (χ3v) is 3.24. The average Bonchev–Trinajstić information content (AvgIpc) is 2.41. The fourth-order valence-electron chi connectivity index (χ4n) is 2.21. The van der Waals surface area contributed by atoms with Crippen molar-refractivity contribution >= 4 is 11.5 Å². The standard InChI is InChI=1S/C14H16FN3O/c15-12-1-3-13(4-2-12)18-9-7-17(8-10-18)11-14(19)5-6-16/h1-4H,5,7-11H2. The molecule has 0 saturated carbocycles. The molecule has 1 aromatic carbocycles. The van der Waals surface area contributed by atoms with Crippen LogP contribution in [0.4, 0.5) is 10.1 Å². The number of carbonyl (C=O) groups is 1. The molecule has 0 spiro atoms. The van der Waals surface area contributed by atoms with E-state index in [1.54, 1.807) is 12.1 Å². The Hall–Kier alpha value is -1.93. The van der Waals surface area contributed by atoms with E-state index in [-0.39, 0.29) is 18.0 Å². The summed E-state index contributed by atoms with van der Waals surface area (Å²) in [5.74, 6) is -0.262. The molecule has 0 bridgehead atoms. The molecular formula is C14H16FN3O. The van der Waals surface area contributed by atoms with Crippen LogP contribution < -0.4 is 4.90 Å². The summed E-state index contributed by atoms with van der Waals surface area (Å²) >= 11 is 0. The first-order valence-corrected chi connectivity index (χ1v) is 6.30. The first-order chi connectivity index (χ1) is 9.19. The summed E-state index contributed by atoms with van der Waals surface area (Å²) < 4.78 is 12.8. The number of nitrogens with zero attached hydrogens (tertiary/aromatic N) is 3. The van der Waals surface area contributed by atoms with Crippen LogP contribution in [0, 0.1) is 17.1 Å². The van der Waals surface area contributed by atoms with Crippen molar-refractivity contribution in [3.05, 3.63) is 30.1 Å². The van der Waals surface area contributed by atoms with Crippen molar-refractivity contribution in [1.82, 2.24) is 4.90 Å². The van der Waals surface area contributed by atoms with Crippen molar-refractivity contribution in [2.75, 3.05) is 37.6 Å². The highest BCUT2D eigenvalue weighted by molar-refractivity contribution is 5.82. The van der Waals surface area contributed by atoms with Crippen molar-refractivity contribution in [1.29, 1.82) is 5.26 Å². The van der Waals surface area contributed by atoms with Gasteiger partial charge in [0.2, 0.25) is 0 Å². The largest absolute Gasteiger partial charge is 0.369 e. The number of ketones is 1. The lowest BCUT2D eigenvalue weighted by atomic mass is 10.2. The van der Waals surface area contributed by atoms with Gasteiger partial charge in [-0.3, -0.25) is 9.69 Å². The molecule has 1 aliphatic heterocycles. The Morgan fingerprint density at radius 2 is 1.84 bits per heavy atom. The number of piperazine rings is 1. The van der Waals surface area contributed by atoms with Gasteiger partial charge in [-0.2, -0.15) is 5.26 Å². The predicted octanol–water partition coefficient (Wildman–Crippen LogP) is 1.43. The van der Waals surface area contributed by atoms with Gasteiger partial charge in [0, 0.05) is 31.9 Å². The van der Waals surface area contributed by atoms with Crippen molar-refractivity contribution in [2.45, 2.75) is 6.42 Å². The number of benzene rings is 1. The van der Waals surface area contributed by atoms with E-state index in [2.05, 4.69) is 9.80 Å². The maximum atomic E-state index is 12.8. The molecule has 0 aliphatic carbocycles. The van der Waals surface area contributed by atoms with Gasteiger partial charge in [-0.05, 0) is 24.3 Å². The minimum atomic E-state index is -0.232. The van der Waals surface area contributed by atoms with Crippen LogP contribution in [-0.2, 0) is 4.79 Å². The molecule has 4 nitrogen and oxygen atoms in total. The number of Topliss-reactive ketones (excluding diaryl/α,β-unsaturated/α-hetero) is 1. The van der Waals surface area contributed by atoms with Crippen LogP contribution in [0.1, 0.15) is 6.42 Å². The molecule has 0 N–H and O–H groups in total. The molecule has 0 amide bonds. The highest BCUT2D eigenvalue weighted by atomic mass is 19.1. The third-order valence-electron chi connectivity index (χ3n) is 3.24. The van der Waals surface area contributed by atoms with Gasteiger partial charge in [0.05, 0.1) is 19.0 Å². The van der Waals surface area contributed by atoms with Crippen LogP contribution >= 0.6 is 0 Å². The van der Waals surface area contributed by atoms with Gasteiger partial charge in [0.25, 0.3) is 0 Å². The molecule has 1 heterocycles. The number of anilines is 1. The molecule has 5 heteroatoms. The van der Waals surface area contributed by atoms with E-state index in [4.69, 9.17) is 5.26 Å². The fourth-order valence-corrected chi connectivity index (χ4v) is 2.21. The van der Waals surface area contributed by atoms with Crippen molar-refractivity contribution in [3.63, 3.8) is 0 Å². The number of carbonyl (C=O) groups excluding carboxylic acids is 1. The zero-order valence-electron chi connectivity index (χ0n) is 10.7. The Morgan fingerprint density at radius 1 is 1.21 bits per heavy atom. The maximum Gasteiger partial charge on any atom is 0.160 e. The number of hydrogen-bond acceptors (Lipinski definition) is 4. The first kappa shape index (κ1) is 13.5. The Morgan fingerprint density at radius 3 is 2.42 bits per heavy atom. The monoisotopic (exact) mass is 261 g/mol. The summed E-state index contributed by atoms with van der Waals surface area (Å²) in [4.78, 5) is 15.6. The van der Waals surface area contributed by atoms with Gasteiger partial charge in [-0.15, -0.1) is 0 Å². The fraction of sp³-hybridized carbons (Fsp3) is 0.429.